The zero-order valence-electron chi connectivity index (χ0n) is 16.3. The molecule has 4 rings (SSSR count). The number of benzene rings is 2. The largest absolute Gasteiger partial charge is 0.447 e. The fourth-order valence-corrected chi connectivity index (χ4v) is 3.51. The van der Waals surface area contributed by atoms with Gasteiger partial charge in [-0.25, -0.2) is 9.69 Å². The molecule has 0 N–H and O–H groups in total. The molecule has 2 aromatic carbocycles. The van der Waals surface area contributed by atoms with Gasteiger partial charge in [-0.05, 0) is 18.1 Å². The highest BCUT2D eigenvalue weighted by Crippen LogP contribution is 2.20. The SMILES string of the molecule is O=C(C[n+]1cccc(C(=O)N2C(=O)OC[C@@H]2Cc2ccccc2)c1)c1ccccc1. The number of imide groups is 1. The van der Waals surface area contributed by atoms with Crippen LogP contribution in [0.1, 0.15) is 26.3 Å². The molecule has 1 fully saturated rings. The maximum absolute atomic E-state index is 13.1. The van der Waals surface area contributed by atoms with E-state index in [0.29, 0.717) is 17.5 Å². The molecule has 0 bridgehead atoms. The standard InChI is InChI=1S/C24H21N2O4/c27-22(19-10-5-2-6-11-19)16-25-13-7-12-20(15-25)23(28)26-21(17-30-24(26)29)14-18-8-3-1-4-9-18/h1-13,15,21H,14,16-17H2/q+1/t21-/m0/s1. The fraction of sp³-hybridized carbons (Fsp3) is 0.167. The third-order valence-electron chi connectivity index (χ3n) is 5.02. The molecule has 0 unspecified atom stereocenters. The number of ether oxygens (including phenoxy) is 1. The van der Waals surface area contributed by atoms with Gasteiger partial charge >= 0.3 is 6.09 Å². The first-order valence-electron chi connectivity index (χ1n) is 9.73. The molecule has 6 heteroatoms. The minimum Gasteiger partial charge on any atom is -0.447 e. The van der Waals surface area contributed by atoms with Gasteiger partial charge < -0.3 is 4.74 Å². The van der Waals surface area contributed by atoms with Crippen LogP contribution in [0.15, 0.2) is 85.2 Å². The number of carbonyl (C=O) groups excluding carboxylic acids is 3. The maximum atomic E-state index is 13.1. The summed E-state index contributed by atoms with van der Waals surface area (Å²) in [6.07, 6.45) is 3.20. The molecular weight excluding hydrogens is 380 g/mol. The number of pyridine rings is 1. The normalized spacial score (nSPS) is 15.7. The minimum atomic E-state index is -0.642. The van der Waals surface area contributed by atoms with Crippen LogP contribution in [-0.4, -0.2) is 35.3 Å². The van der Waals surface area contributed by atoms with Crippen molar-refractivity contribution in [2.24, 2.45) is 0 Å². The summed E-state index contributed by atoms with van der Waals surface area (Å²) >= 11 is 0. The minimum absolute atomic E-state index is 0.0623. The lowest BCUT2D eigenvalue weighted by Crippen LogP contribution is -2.43. The van der Waals surface area contributed by atoms with Crippen molar-refractivity contribution >= 4 is 17.8 Å². The summed E-state index contributed by atoms with van der Waals surface area (Å²) < 4.78 is 6.80. The Bertz CT molecular complexity index is 1070. The van der Waals surface area contributed by atoms with Gasteiger partial charge in [0.1, 0.15) is 12.2 Å². The summed E-state index contributed by atoms with van der Waals surface area (Å²) in [7, 11) is 0. The second-order valence-corrected chi connectivity index (χ2v) is 7.15. The van der Waals surface area contributed by atoms with Crippen molar-refractivity contribution in [3.05, 3.63) is 102 Å². The van der Waals surface area contributed by atoms with Gasteiger partial charge in [-0.3, -0.25) is 9.59 Å². The average molecular weight is 401 g/mol. The lowest BCUT2D eigenvalue weighted by molar-refractivity contribution is -0.683. The second kappa shape index (κ2) is 8.69. The van der Waals surface area contributed by atoms with E-state index in [2.05, 4.69) is 0 Å². The van der Waals surface area contributed by atoms with Crippen molar-refractivity contribution in [2.75, 3.05) is 6.61 Å². The van der Waals surface area contributed by atoms with Crippen LogP contribution in [0.3, 0.4) is 0 Å². The summed E-state index contributed by atoms with van der Waals surface area (Å²) in [4.78, 5) is 39.0. The van der Waals surface area contributed by atoms with Crippen molar-refractivity contribution in [1.82, 2.24) is 4.90 Å². The molecule has 1 saturated heterocycles. The zero-order chi connectivity index (χ0) is 20.9. The van der Waals surface area contributed by atoms with Crippen LogP contribution in [0.5, 0.6) is 0 Å². The number of Topliss-reactive ketones (excluding diaryl/α,β-unsaturated/α-hetero) is 1. The number of nitrogens with zero attached hydrogens (tertiary/aromatic N) is 2. The Hall–Kier alpha value is -3.80. The van der Waals surface area contributed by atoms with Crippen molar-refractivity contribution in [1.29, 1.82) is 0 Å². The van der Waals surface area contributed by atoms with Crippen molar-refractivity contribution < 1.29 is 23.7 Å². The molecule has 1 aliphatic heterocycles. The van der Waals surface area contributed by atoms with E-state index in [1.54, 1.807) is 41.2 Å². The zero-order valence-corrected chi connectivity index (χ0v) is 16.3. The van der Waals surface area contributed by atoms with Gasteiger partial charge in [0.15, 0.2) is 12.4 Å². The summed E-state index contributed by atoms with van der Waals surface area (Å²) in [5.41, 5.74) is 1.96. The number of aromatic nitrogens is 1. The highest BCUT2D eigenvalue weighted by Gasteiger charge is 2.39. The Morgan fingerprint density at radius 3 is 2.33 bits per heavy atom. The first-order valence-corrected chi connectivity index (χ1v) is 9.73. The highest BCUT2D eigenvalue weighted by atomic mass is 16.6. The summed E-state index contributed by atoms with van der Waals surface area (Å²) in [5.74, 6) is -0.493. The Morgan fingerprint density at radius 1 is 0.933 bits per heavy atom. The number of carbonyl (C=O) groups is 3. The van der Waals surface area contributed by atoms with Gasteiger partial charge in [0.25, 0.3) is 5.91 Å². The number of hydrogen-bond donors (Lipinski definition) is 0. The van der Waals surface area contributed by atoms with E-state index in [1.807, 2.05) is 48.5 Å². The van der Waals surface area contributed by atoms with Crippen LogP contribution in [0.25, 0.3) is 0 Å². The van der Waals surface area contributed by atoms with E-state index < -0.39 is 12.0 Å². The number of cyclic esters (lactones) is 1. The third kappa shape index (κ3) is 4.27. The first kappa shape index (κ1) is 19.5. The maximum Gasteiger partial charge on any atom is 0.417 e. The van der Waals surface area contributed by atoms with E-state index in [9.17, 15) is 14.4 Å². The van der Waals surface area contributed by atoms with Crippen LogP contribution in [0.4, 0.5) is 4.79 Å². The molecule has 1 aliphatic rings. The molecule has 2 amide bonds. The Kier molecular flexibility index (Phi) is 5.66. The van der Waals surface area contributed by atoms with Crippen molar-refractivity contribution in [2.45, 2.75) is 19.0 Å². The van der Waals surface area contributed by atoms with Gasteiger partial charge in [-0.1, -0.05) is 60.7 Å². The monoisotopic (exact) mass is 401 g/mol. The van der Waals surface area contributed by atoms with Crippen molar-refractivity contribution in [3.8, 4) is 0 Å². The second-order valence-electron chi connectivity index (χ2n) is 7.15. The lowest BCUT2D eigenvalue weighted by Gasteiger charge is -2.19. The molecule has 0 saturated carbocycles. The quantitative estimate of drug-likeness (QED) is 0.470. The van der Waals surface area contributed by atoms with Crippen LogP contribution < -0.4 is 4.57 Å². The van der Waals surface area contributed by atoms with E-state index in [1.165, 1.54) is 4.90 Å². The smallest absolute Gasteiger partial charge is 0.417 e. The van der Waals surface area contributed by atoms with Gasteiger partial charge in [-0.15, -0.1) is 0 Å². The van der Waals surface area contributed by atoms with Gasteiger partial charge in [-0.2, -0.15) is 4.57 Å². The van der Waals surface area contributed by atoms with Crippen molar-refractivity contribution in [3.63, 3.8) is 0 Å². The number of amides is 2. The van der Waals surface area contributed by atoms with E-state index in [-0.39, 0.29) is 25.0 Å². The van der Waals surface area contributed by atoms with Gasteiger partial charge in [0.05, 0.1) is 6.04 Å². The molecule has 1 aromatic heterocycles. The molecule has 0 spiro atoms. The first-order chi connectivity index (χ1) is 14.6. The molecule has 0 radical (unpaired) electrons. The summed E-state index contributed by atoms with van der Waals surface area (Å²) in [5, 5.41) is 0. The highest BCUT2D eigenvalue weighted by molar-refractivity contribution is 6.03. The number of hydrogen-bond acceptors (Lipinski definition) is 4. The average Bonchev–Trinajstić information content (AvgIpc) is 3.14. The predicted molar refractivity (Wildman–Crippen MR) is 109 cm³/mol. The fourth-order valence-electron chi connectivity index (χ4n) is 3.51. The van der Waals surface area contributed by atoms with Crippen LogP contribution in [-0.2, 0) is 17.7 Å². The van der Waals surface area contributed by atoms with E-state index in [0.717, 1.165) is 5.56 Å². The summed E-state index contributed by atoms with van der Waals surface area (Å²) in [6, 6.07) is 21.6. The Morgan fingerprint density at radius 2 is 1.60 bits per heavy atom. The molecule has 3 aromatic rings. The summed E-state index contributed by atoms with van der Waals surface area (Å²) in [6.45, 7) is 0.266. The van der Waals surface area contributed by atoms with E-state index in [4.69, 9.17) is 4.74 Å². The van der Waals surface area contributed by atoms with Gasteiger partial charge in [0.2, 0.25) is 12.3 Å². The predicted octanol–water partition coefficient (Wildman–Crippen LogP) is 3.06. The van der Waals surface area contributed by atoms with Gasteiger partial charge in [0, 0.05) is 11.6 Å². The van der Waals surface area contributed by atoms with E-state index >= 15 is 0 Å². The molecule has 1 atom stereocenters. The third-order valence-corrected chi connectivity index (χ3v) is 5.02. The molecule has 2 heterocycles. The molecule has 30 heavy (non-hydrogen) atoms. The van der Waals surface area contributed by atoms with Crippen LogP contribution in [0.2, 0.25) is 0 Å². The van der Waals surface area contributed by atoms with Crippen LogP contribution in [0, 0.1) is 0 Å². The number of rotatable bonds is 6. The Balaban J connectivity index is 1.51. The molecule has 0 aliphatic carbocycles. The number of ketones is 1. The lowest BCUT2D eigenvalue weighted by atomic mass is 10.1. The molecular formula is C24H21N2O4+. The van der Waals surface area contributed by atoms with Crippen LogP contribution >= 0.6 is 0 Å². The molecule has 6 nitrogen and oxygen atoms in total. The topological polar surface area (TPSA) is 67.6 Å². The molecule has 150 valence electrons. The Labute approximate surface area is 174 Å².